The van der Waals surface area contributed by atoms with E-state index in [1.165, 1.54) is 24.0 Å². The van der Waals surface area contributed by atoms with Crippen LogP contribution in [0.15, 0.2) is 35.5 Å². The number of aromatic nitrogens is 2. The molecule has 17 heavy (non-hydrogen) atoms. The fraction of sp³-hybridized carbons (Fsp3) is 0.0909. The molecule has 0 bridgehead atoms. The summed E-state index contributed by atoms with van der Waals surface area (Å²) in [5.74, 6) is -1.17. The lowest BCUT2D eigenvalue weighted by atomic mass is 10.3. The zero-order valence-electron chi connectivity index (χ0n) is 8.53. The van der Waals surface area contributed by atoms with Crippen LogP contribution in [-0.2, 0) is 5.75 Å². The van der Waals surface area contributed by atoms with E-state index in [1.807, 2.05) is 0 Å². The van der Waals surface area contributed by atoms with E-state index in [0.717, 1.165) is 17.8 Å². The molecule has 0 atom stereocenters. The summed E-state index contributed by atoms with van der Waals surface area (Å²) in [6.45, 7) is 0. The monoisotopic (exact) mass is 272 g/mol. The maximum Gasteiger partial charge on any atom is 0.159 e. The molecule has 0 aliphatic heterocycles. The van der Waals surface area contributed by atoms with Crippen LogP contribution in [0.5, 0.6) is 0 Å². The third-order valence-electron chi connectivity index (χ3n) is 1.95. The van der Waals surface area contributed by atoms with Crippen LogP contribution in [0, 0.1) is 11.6 Å². The van der Waals surface area contributed by atoms with E-state index in [4.69, 9.17) is 11.6 Å². The Hall–Kier alpha value is -1.20. The SMILES string of the molecule is Fc1ccc(SCc2cnc(Cl)cn2)cc1F. The summed E-state index contributed by atoms with van der Waals surface area (Å²) in [6, 6.07) is 3.78. The number of halogens is 3. The molecule has 2 rings (SSSR count). The number of hydrogen-bond donors (Lipinski definition) is 0. The van der Waals surface area contributed by atoms with Gasteiger partial charge in [0.15, 0.2) is 11.6 Å². The van der Waals surface area contributed by atoms with Crippen molar-refractivity contribution in [2.24, 2.45) is 0 Å². The first kappa shape index (κ1) is 12.3. The lowest BCUT2D eigenvalue weighted by Crippen LogP contribution is -1.89. The van der Waals surface area contributed by atoms with Crippen LogP contribution in [0.1, 0.15) is 5.69 Å². The fourth-order valence-corrected chi connectivity index (χ4v) is 2.05. The lowest BCUT2D eigenvalue weighted by Gasteiger charge is -2.01. The first-order valence-electron chi connectivity index (χ1n) is 4.69. The van der Waals surface area contributed by atoms with E-state index in [2.05, 4.69) is 9.97 Å². The average Bonchev–Trinajstić information content (AvgIpc) is 2.33. The molecule has 0 saturated carbocycles. The molecule has 0 aliphatic rings. The average molecular weight is 273 g/mol. The van der Waals surface area contributed by atoms with Crippen LogP contribution in [0.25, 0.3) is 0 Å². The lowest BCUT2D eigenvalue weighted by molar-refractivity contribution is 0.506. The number of thioether (sulfide) groups is 1. The Balaban J connectivity index is 2.02. The molecule has 2 nitrogen and oxygen atoms in total. The number of benzene rings is 1. The van der Waals surface area contributed by atoms with E-state index in [1.54, 1.807) is 6.20 Å². The van der Waals surface area contributed by atoms with Crippen LogP contribution < -0.4 is 0 Å². The molecule has 0 radical (unpaired) electrons. The summed E-state index contributed by atoms with van der Waals surface area (Å²) < 4.78 is 25.6. The van der Waals surface area contributed by atoms with E-state index >= 15 is 0 Å². The Kier molecular flexibility index (Phi) is 3.91. The molecule has 1 aromatic carbocycles. The maximum atomic E-state index is 12.9. The Bertz CT molecular complexity index is 519. The first-order chi connectivity index (χ1) is 8.15. The quantitative estimate of drug-likeness (QED) is 0.797. The van der Waals surface area contributed by atoms with Crippen LogP contribution in [0.4, 0.5) is 8.78 Å². The van der Waals surface area contributed by atoms with Gasteiger partial charge in [0.05, 0.1) is 18.1 Å². The van der Waals surface area contributed by atoms with Gasteiger partial charge in [0.25, 0.3) is 0 Å². The smallest absolute Gasteiger partial charge is 0.159 e. The predicted molar refractivity (Wildman–Crippen MR) is 63.0 cm³/mol. The van der Waals surface area contributed by atoms with Crippen molar-refractivity contribution in [1.82, 2.24) is 9.97 Å². The second-order valence-corrected chi connectivity index (χ2v) is 4.63. The van der Waals surface area contributed by atoms with E-state index < -0.39 is 11.6 Å². The van der Waals surface area contributed by atoms with Crippen molar-refractivity contribution in [1.29, 1.82) is 0 Å². The topological polar surface area (TPSA) is 25.8 Å². The van der Waals surface area contributed by atoms with E-state index in [-0.39, 0.29) is 0 Å². The van der Waals surface area contributed by atoms with Crippen molar-refractivity contribution in [2.75, 3.05) is 0 Å². The van der Waals surface area contributed by atoms with E-state index in [9.17, 15) is 8.78 Å². The van der Waals surface area contributed by atoms with Crippen molar-refractivity contribution in [2.45, 2.75) is 10.6 Å². The molecule has 1 heterocycles. The maximum absolute atomic E-state index is 12.9. The van der Waals surface area contributed by atoms with Crippen LogP contribution in [0.2, 0.25) is 5.15 Å². The second kappa shape index (κ2) is 5.42. The minimum Gasteiger partial charge on any atom is -0.256 e. The van der Waals surface area contributed by atoms with Crippen LogP contribution in [-0.4, -0.2) is 9.97 Å². The predicted octanol–water partition coefficient (Wildman–Crippen LogP) is 3.70. The summed E-state index contributed by atoms with van der Waals surface area (Å²) in [7, 11) is 0. The van der Waals surface area contributed by atoms with Crippen molar-refractivity contribution in [3.05, 3.63) is 53.1 Å². The van der Waals surface area contributed by atoms with Gasteiger partial charge < -0.3 is 0 Å². The van der Waals surface area contributed by atoms with Gasteiger partial charge in [0.2, 0.25) is 0 Å². The third kappa shape index (κ3) is 3.38. The molecular weight excluding hydrogens is 266 g/mol. The van der Waals surface area contributed by atoms with Crippen molar-refractivity contribution in [3.8, 4) is 0 Å². The highest BCUT2D eigenvalue weighted by Gasteiger charge is 2.04. The number of nitrogens with zero attached hydrogens (tertiary/aromatic N) is 2. The van der Waals surface area contributed by atoms with E-state index in [0.29, 0.717) is 15.8 Å². The molecule has 0 saturated heterocycles. The minimum atomic E-state index is -0.850. The number of rotatable bonds is 3. The van der Waals surface area contributed by atoms with Gasteiger partial charge in [0, 0.05) is 10.6 Å². The summed E-state index contributed by atoms with van der Waals surface area (Å²) in [5.41, 5.74) is 0.726. The normalized spacial score (nSPS) is 10.5. The molecule has 0 fully saturated rings. The zero-order valence-corrected chi connectivity index (χ0v) is 10.1. The van der Waals surface area contributed by atoms with Gasteiger partial charge in [0.1, 0.15) is 5.15 Å². The molecule has 0 unspecified atom stereocenters. The Labute approximate surface area is 106 Å². The largest absolute Gasteiger partial charge is 0.256 e. The summed E-state index contributed by atoms with van der Waals surface area (Å²) in [4.78, 5) is 8.57. The van der Waals surface area contributed by atoms with Gasteiger partial charge in [-0.2, -0.15) is 0 Å². The Morgan fingerprint density at radius 1 is 1.12 bits per heavy atom. The highest BCUT2D eigenvalue weighted by Crippen LogP contribution is 2.23. The first-order valence-corrected chi connectivity index (χ1v) is 6.06. The molecule has 2 aromatic rings. The Morgan fingerprint density at radius 3 is 2.59 bits per heavy atom. The molecule has 0 N–H and O–H groups in total. The van der Waals surface area contributed by atoms with Gasteiger partial charge in [-0.25, -0.2) is 13.8 Å². The molecule has 88 valence electrons. The van der Waals surface area contributed by atoms with Crippen molar-refractivity contribution in [3.63, 3.8) is 0 Å². The third-order valence-corrected chi connectivity index (χ3v) is 3.17. The summed E-state index contributed by atoms with van der Waals surface area (Å²) in [5, 5.41) is 0.326. The Morgan fingerprint density at radius 2 is 1.94 bits per heavy atom. The summed E-state index contributed by atoms with van der Waals surface area (Å²) >= 11 is 6.95. The molecule has 0 amide bonds. The second-order valence-electron chi connectivity index (χ2n) is 3.20. The number of hydrogen-bond acceptors (Lipinski definition) is 3. The van der Waals surface area contributed by atoms with Gasteiger partial charge in [-0.3, -0.25) is 4.98 Å². The fourth-order valence-electron chi connectivity index (χ4n) is 1.14. The zero-order chi connectivity index (χ0) is 12.3. The van der Waals surface area contributed by atoms with Crippen LogP contribution >= 0.6 is 23.4 Å². The highest BCUT2D eigenvalue weighted by molar-refractivity contribution is 7.98. The molecular formula is C11H7ClF2N2S. The van der Waals surface area contributed by atoms with Gasteiger partial charge in [-0.15, -0.1) is 11.8 Å². The van der Waals surface area contributed by atoms with Gasteiger partial charge in [-0.05, 0) is 18.2 Å². The molecule has 6 heteroatoms. The molecule has 0 aliphatic carbocycles. The van der Waals surface area contributed by atoms with Crippen molar-refractivity contribution >= 4 is 23.4 Å². The van der Waals surface area contributed by atoms with Gasteiger partial charge >= 0.3 is 0 Å². The molecule has 0 spiro atoms. The van der Waals surface area contributed by atoms with Gasteiger partial charge in [-0.1, -0.05) is 11.6 Å². The highest BCUT2D eigenvalue weighted by atomic mass is 35.5. The standard InChI is InChI=1S/C11H7ClF2N2S/c12-11-5-15-7(4-16-11)6-17-8-1-2-9(13)10(14)3-8/h1-5H,6H2. The van der Waals surface area contributed by atoms with Crippen molar-refractivity contribution < 1.29 is 8.78 Å². The minimum absolute atomic E-state index is 0.326. The van der Waals surface area contributed by atoms with Crippen LogP contribution in [0.3, 0.4) is 0 Å². The summed E-state index contributed by atoms with van der Waals surface area (Å²) in [6.07, 6.45) is 3.00. The molecule has 1 aromatic heterocycles.